The summed E-state index contributed by atoms with van der Waals surface area (Å²) in [6, 6.07) is 6.57. The molecule has 0 heterocycles. The molecule has 2 N–H and O–H groups in total. The summed E-state index contributed by atoms with van der Waals surface area (Å²) < 4.78 is 0. The predicted molar refractivity (Wildman–Crippen MR) is 69.9 cm³/mol. The molecule has 0 spiro atoms. The minimum absolute atomic E-state index is 0.630. The average Bonchev–Trinajstić information content (AvgIpc) is 2.36. The first kappa shape index (κ1) is 14.4. The molecular formula is C13H14N2O4. The van der Waals surface area contributed by atoms with E-state index in [2.05, 4.69) is 5.32 Å². The van der Waals surface area contributed by atoms with Gasteiger partial charge in [0, 0.05) is 24.9 Å². The topological polar surface area (TPSA) is 86.7 Å². The molecule has 0 fully saturated rings. The van der Waals surface area contributed by atoms with Crippen LogP contribution in [-0.4, -0.2) is 30.1 Å². The summed E-state index contributed by atoms with van der Waals surface area (Å²) in [7, 11) is 1.52. The lowest BCUT2D eigenvalue weighted by molar-refractivity contribution is -0.131. The fourth-order valence-corrected chi connectivity index (χ4v) is 1.43. The van der Waals surface area contributed by atoms with Crippen molar-refractivity contribution in [1.82, 2.24) is 5.32 Å². The number of anilines is 1. The number of nitrogens with one attached hydrogen (secondary N) is 1. The molecule has 0 saturated carbocycles. The van der Waals surface area contributed by atoms with Gasteiger partial charge >= 0.3 is 12.0 Å². The number of urea groups is 1. The number of carbonyl (C=O) groups is 3. The summed E-state index contributed by atoms with van der Waals surface area (Å²) in [5, 5.41) is 10.4. The minimum atomic E-state index is -1.25. The van der Waals surface area contributed by atoms with Crippen molar-refractivity contribution in [3.8, 4) is 0 Å². The Morgan fingerprint density at radius 2 is 1.84 bits per heavy atom. The summed E-state index contributed by atoms with van der Waals surface area (Å²) >= 11 is 0. The highest BCUT2D eigenvalue weighted by atomic mass is 16.4. The number of benzene rings is 1. The van der Waals surface area contributed by atoms with Gasteiger partial charge in [-0.15, -0.1) is 0 Å². The molecule has 0 aliphatic rings. The molecule has 1 aromatic rings. The molecule has 1 rings (SSSR count). The first-order valence-electron chi connectivity index (χ1n) is 5.47. The second-order valence-corrected chi connectivity index (χ2v) is 3.81. The van der Waals surface area contributed by atoms with E-state index >= 15 is 0 Å². The highest BCUT2D eigenvalue weighted by Gasteiger charge is 2.14. The zero-order chi connectivity index (χ0) is 14.4. The number of aryl methyl sites for hydroxylation is 1. The normalized spacial score (nSPS) is 10.2. The second-order valence-electron chi connectivity index (χ2n) is 3.81. The molecule has 0 aliphatic heterocycles. The Morgan fingerprint density at radius 3 is 2.42 bits per heavy atom. The number of hydrogen-bond acceptors (Lipinski definition) is 3. The van der Waals surface area contributed by atoms with Crippen LogP contribution in [-0.2, 0) is 9.59 Å². The third-order valence-corrected chi connectivity index (χ3v) is 2.39. The summed E-state index contributed by atoms with van der Waals surface area (Å²) in [5.41, 5.74) is 1.55. The quantitative estimate of drug-likeness (QED) is 0.804. The summed E-state index contributed by atoms with van der Waals surface area (Å²) in [6.07, 6.45) is 1.45. The van der Waals surface area contributed by atoms with Gasteiger partial charge in [-0.3, -0.25) is 15.0 Å². The van der Waals surface area contributed by atoms with E-state index in [4.69, 9.17) is 5.11 Å². The Balaban J connectivity index is 2.71. The maximum atomic E-state index is 11.8. The van der Waals surface area contributed by atoms with E-state index < -0.39 is 17.9 Å². The zero-order valence-electron chi connectivity index (χ0n) is 10.6. The molecule has 0 radical (unpaired) electrons. The van der Waals surface area contributed by atoms with E-state index in [1.165, 1.54) is 11.9 Å². The molecule has 100 valence electrons. The molecule has 6 heteroatoms. The predicted octanol–water partition coefficient (Wildman–Crippen LogP) is 1.31. The van der Waals surface area contributed by atoms with Crippen LogP contribution in [0.15, 0.2) is 36.4 Å². The van der Waals surface area contributed by atoms with Gasteiger partial charge in [0.1, 0.15) is 0 Å². The molecule has 0 unspecified atom stereocenters. The van der Waals surface area contributed by atoms with Crippen molar-refractivity contribution in [2.75, 3.05) is 11.9 Å². The number of nitrogens with zero attached hydrogens (tertiary/aromatic N) is 1. The number of amides is 3. The van der Waals surface area contributed by atoms with Crippen LogP contribution in [0.1, 0.15) is 5.56 Å². The van der Waals surface area contributed by atoms with Crippen molar-refractivity contribution in [2.24, 2.45) is 0 Å². The Morgan fingerprint density at radius 1 is 1.21 bits per heavy atom. The fraction of sp³-hybridized carbons (Fsp3) is 0.154. The Bertz CT molecular complexity index is 537. The van der Waals surface area contributed by atoms with Crippen LogP contribution in [0.3, 0.4) is 0 Å². The molecule has 0 saturated heterocycles. The largest absolute Gasteiger partial charge is 0.478 e. The Hall–Kier alpha value is -2.63. The molecule has 0 bridgehead atoms. The number of para-hydroxylation sites is 1. The number of carbonyl (C=O) groups excluding carboxylic acids is 2. The van der Waals surface area contributed by atoms with E-state index in [0.717, 1.165) is 11.6 Å². The monoisotopic (exact) mass is 262 g/mol. The first-order valence-corrected chi connectivity index (χ1v) is 5.47. The van der Waals surface area contributed by atoms with Crippen LogP contribution < -0.4 is 10.2 Å². The Labute approximate surface area is 110 Å². The number of carboxylic acid groups (broad SMARTS) is 1. The molecule has 0 atom stereocenters. The molecular weight excluding hydrogens is 248 g/mol. The third kappa shape index (κ3) is 4.27. The number of imide groups is 1. The van der Waals surface area contributed by atoms with Crippen molar-refractivity contribution < 1.29 is 19.5 Å². The van der Waals surface area contributed by atoms with E-state index in [-0.39, 0.29) is 0 Å². The molecule has 1 aromatic carbocycles. The van der Waals surface area contributed by atoms with E-state index in [1.807, 2.05) is 19.1 Å². The van der Waals surface area contributed by atoms with Crippen molar-refractivity contribution in [1.29, 1.82) is 0 Å². The maximum Gasteiger partial charge on any atom is 0.328 e. The summed E-state index contributed by atoms with van der Waals surface area (Å²) in [6.45, 7) is 1.84. The van der Waals surface area contributed by atoms with Gasteiger partial charge in [0.25, 0.3) is 5.91 Å². The van der Waals surface area contributed by atoms with Crippen LogP contribution >= 0.6 is 0 Å². The number of hydrogen-bond donors (Lipinski definition) is 2. The van der Waals surface area contributed by atoms with Gasteiger partial charge in [0.05, 0.1) is 0 Å². The molecule has 0 aliphatic carbocycles. The van der Waals surface area contributed by atoms with Crippen molar-refractivity contribution >= 4 is 23.6 Å². The van der Waals surface area contributed by atoms with Crippen LogP contribution in [0.5, 0.6) is 0 Å². The number of rotatable bonds is 3. The van der Waals surface area contributed by atoms with Gasteiger partial charge in [-0.1, -0.05) is 18.2 Å². The van der Waals surface area contributed by atoms with Crippen LogP contribution in [0, 0.1) is 6.92 Å². The van der Waals surface area contributed by atoms with Crippen LogP contribution in [0.4, 0.5) is 10.5 Å². The molecule has 0 aromatic heterocycles. The van der Waals surface area contributed by atoms with Crippen LogP contribution in [0.2, 0.25) is 0 Å². The molecule has 3 amide bonds. The van der Waals surface area contributed by atoms with Crippen LogP contribution in [0.25, 0.3) is 0 Å². The van der Waals surface area contributed by atoms with E-state index in [9.17, 15) is 14.4 Å². The molecule has 6 nitrogen and oxygen atoms in total. The van der Waals surface area contributed by atoms with Crippen molar-refractivity contribution in [3.05, 3.63) is 42.0 Å². The average molecular weight is 262 g/mol. The van der Waals surface area contributed by atoms with E-state index in [1.54, 1.807) is 12.1 Å². The summed E-state index contributed by atoms with van der Waals surface area (Å²) in [5.74, 6) is -2.04. The molecule has 19 heavy (non-hydrogen) atoms. The van der Waals surface area contributed by atoms with E-state index in [0.29, 0.717) is 11.8 Å². The van der Waals surface area contributed by atoms with Gasteiger partial charge < -0.3 is 5.11 Å². The lowest BCUT2D eigenvalue weighted by atomic mass is 10.2. The fourth-order valence-electron chi connectivity index (χ4n) is 1.43. The Kier molecular flexibility index (Phi) is 4.82. The van der Waals surface area contributed by atoms with Gasteiger partial charge in [0.2, 0.25) is 0 Å². The summed E-state index contributed by atoms with van der Waals surface area (Å²) in [4.78, 5) is 34.5. The van der Waals surface area contributed by atoms with Crippen molar-refractivity contribution in [3.63, 3.8) is 0 Å². The number of aliphatic carboxylic acids is 1. The van der Waals surface area contributed by atoms with Gasteiger partial charge in [0.15, 0.2) is 0 Å². The number of carboxylic acids is 1. The van der Waals surface area contributed by atoms with Crippen molar-refractivity contribution in [2.45, 2.75) is 6.92 Å². The van der Waals surface area contributed by atoms with Gasteiger partial charge in [-0.05, 0) is 18.6 Å². The zero-order valence-corrected chi connectivity index (χ0v) is 10.6. The first-order chi connectivity index (χ1) is 8.91. The van der Waals surface area contributed by atoms with Gasteiger partial charge in [-0.25, -0.2) is 9.59 Å². The van der Waals surface area contributed by atoms with Gasteiger partial charge in [-0.2, -0.15) is 0 Å². The lowest BCUT2D eigenvalue weighted by Gasteiger charge is -2.18. The lowest BCUT2D eigenvalue weighted by Crippen LogP contribution is -2.40. The maximum absolute atomic E-state index is 11.8. The smallest absolute Gasteiger partial charge is 0.328 e. The highest BCUT2D eigenvalue weighted by Crippen LogP contribution is 2.17. The third-order valence-electron chi connectivity index (χ3n) is 2.39. The standard InChI is InChI=1S/C13H14N2O4/c1-9-5-3-4-6-10(9)15(2)13(19)14-11(16)7-8-12(17)18/h3-8H,1-2H3,(H,17,18)(H,14,16,19). The highest BCUT2D eigenvalue weighted by molar-refractivity contribution is 6.07. The SMILES string of the molecule is Cc1ccccc1N(C)C(=O)NC(=O)C=CC(=O)O. The second kappa shape index (κ2) is 6.34. The minimum Gasteiger partial charge on any atom is -0.478 e.